The van der Waals surface area contributed by atoms with Gasteiger partial charge < -0.3 is 15.4 Å². The first kappa shape index (κ1) is 23.5. The summed E-state index contributed by atoms with van der Waals surface area (Å²) in [6.07, 6.45) is 4.85. The van der Waals surface area contributed by atoms with Gasteiger partial charge in [-0.05, 0) is 38.5 Å². The Balaban J connectivity index is 1.63. The maximum absolute atomic E-state index is 14.7. The molecule has 3 aromatic rings. The normalized spacial score (nSPS) is 16.3. The molecular weight excluding hydrogens is 488 g/mol. The van der Waals surface area contributed by atoms with E-state index in [0.29, 0.717) is 27.0 Å². The van der Waals surface area contributed by atoms with Gasteiger partial charge in [0.1, 0.15) is 11.9 Å². The lowest BCUT2D eigenvalue weighted by molar-refractivity contribution is 0.227. The molecule has 1 aliphatic heterocycles. The first-order valence-electron chi connectivity index (χ1n) is 10.2. The minimum Gasteiger partial charge on any atom is -0.484 e. The van der Waals surface area contributed by atoms with Crippen molar-refractivity contribution in [3.8, 4) is 5.75 Å². The van der Waals surface area contributed by atoms with Gasteiger partial charge in [-0.2, -0.15) is 0 Å². The van der Waals surface area contributed by atoms with Crippen molar-refractivity contribution in [2.45, 2.75) is 32.4 Å². The zero-order valence-electron chi connectivity index (χ0n) is 17.9. The summed E-state index contributed by atoms with van der Waals surface area (Å²) < 4.78 is 20.7. The first-order chi connectivity index (χ1) is 15.7. The summed E-state index contributed by atoms with van der Waals surface area (Å²) in [5.41, 5.74) is 7.56. The van der Waals surface area contributed by atoms with Crippen LogP contribution in [0.5, 0.6) is 5.75 Å². The molecule has 1 fully saturated rings. The summed E-state index contributed by atoms with van der Waals surface area (Å²) in [6.45, 7) is 4.54. The zero-order chi connectivity index (χ0) is 23.9. The molecule has 0 amide bonds. The van der Waals surface area contributed by atoms with Crippen LogP contribution in [-0.4, -0.2) is 28.3 Å². The summed E-state index contributed by atoms with van der Waals surface area (Å²) in [5, 5.41) is 9.58. The fraction of sp³-hybridized carbons (Fsp3) is 0.261. The average molecular weight is 509 g/mol. The predicted molar refractivity (Wildman–Crippen MR) is 131 cm³/mol. The third-order valence-electron chi connectivity index (χ3n) is 5.68. The van der Waals surface area contributed by atoms with Gasteiger partial charge in [0.15, 0.2) is 11.6 Å². The minimum absolute atomic E-state index is 0.00347. The monoisotopic (exact) mass is 507 g/mol. The lowest BCUT2D eigenvalue weighted by Gasteiger charge is -2.39. The van der Waals surface area contributed by atoms with Crippen LogP contribution in [0.15, 0.2) is 36.8 Å². The van der Waals surface area contributed by atoms with Crippen LogP contribution in [0, 0.1) is 11.2 Å². The number of anilines is 2. The predicted octanol–water partition coefficient (Wildman–Crippen LogP) is 6.31. The summed E-state index contributed by atoms with van der Waals surface area (Å²) >= 11 is 18.8. The molecule has 0 spiro atoms. The van der Waals surface area contributed by atoms with E-state index in [4.69, 9.17) is 50.7 Å². The molecule has 1 saturated heterocycles. The fourth-order valence-electron chi connectivity index (χ4n) is 3.70. The average Bonchev–Trinajstić information content (AvgIpc) is 2.75. The number of nitrogens with zero attached hydrogens (tertiary/aromatic N) is 3. The highest BCUT2D eigenvalue weighted by molar-refractivity contribution is 6.36. The van der Waals surface area contributed by atoms with E-state index in [9.17, 15) is 4.39 Å². The number of nitrogens with one attached hydrogen (secondary N) is 1. The molecule has 0 unspecified atom stereocenters. The molecule has 1 aliphatic rings. The summed E-state index contributed by atoms with van der Waals surface area (Å²) in [7, 11) is 0. The smallest absolute Gasteiger partial charge is 0.166 e. The number of nitrogens with two attached hydrogens (primary N) is 1. The van der Waals surface area contributed by atoms with Gasteiger partial charge in [-0.3, -0.25) is 10.4 Å². The number of nitrogen functional groups attached to an aromatic ring is 1. The largest absolute Gasteiger partial charge is 0.484 e. The Hall–Kier alpha value is -2.61. The van der Waals surface area contributed by atoms with E-state index in [1.807, 2.05) is 11.8 Å². The number of aromatic nitrogens is 2. The number of benzene rings is 1. The fourth-order valence-corrected chi connectivity index (χ4v) is 4.59. The van der Waals surface area contributed by atoms with Crippen molar-refractivity contribution < 1.29 is 9.13 Å². The highest BCUT2D eigenvalue weighted by atomic mass is 35.5. The SMILES string of the molecule is C[C@@H]1CCN1c1ncc(C(=N)c2cc(O[C@H](C)c3c(Cl)cncc3Cl)c(Cl)cc2N)cc1F. The summed E-state index contributed by atoms with van der Waals surface area (Å²) in [6, 6.07) is 4.57. The standard InChI is InChI=1S/C23H21Cl3FN5O/c1-11-3-4-32(11)23-18(27)5-13(8-31-23)22(29)14-6-20(15(24)7-19(14)28)33-12(2)21-16(25)9-30-10-17(21)26/h5-12,29H,3-4,28H2,1-2H3/t11-,12-/m1/s1. The van der Waals surface area contributed by atoms with Gasteiger partial charge >= 0.3 is 0 Å². The van der Waals surface area contributed by atoms with Gasteiger partial charge in [0.05, 0.1) is 20.8 Å². The van der Waals surface area contributed by atoms with E-state index in [1.54, 1.807) is 13.0 Å². The third kappa shape index (κ3) is 4.58. The molecule has 6 nitrogen and oxygen atoms in total. The van der Waals surface area contributed by atoms with E-state index >= 15 is 0 Å². The van der Waals surface area contributed by atoms with Crippen molar-refractivity contribution in [1.82, 2.24) is 9.97 Å². The highest BCUT2D eigenvalue weighted by Gasteiger charge is 2.28. The molecule has 1 aromatic carbocycles. The van der Waals surface area contributed by atoms with Gasteiger partial charge in [0.25, 0.3) is 0 Å². The second kappa shape index (κ2) is 9.33. The van der Waals surface area contributed by atoms with E-state index in [2.05, 4.69) is 9.97 Å². The summed E-state index contributed by atoms with van der Waals surface area (Å²) in [5.74, 6) is 0.0863. The Kier molecular flexibility index (Phi) is 6.66. The van der Waals surface area contributed by atoms with Gasteiger partial charge in [0, 0.05) is 53.6 Å². The van der Waals surface area contributed by atoms with Crippen LogP contribution in [-0.2, 0) is 0 Å². The molecule has 172 valence electrons. The Labute approximate surface area is 206 Å². The van der Waals surface area contributed by atoms with Crippen LogP contribution in [0.3, 0.4) is 0 Å². The van der Waals surface area contributed by atoms with Crippen molar-refractivity contribution in [2.24, 2.45) is 0 Å². The van der Waals surface area contributed by atoms with Crippen LogP contribution >= 0.6 is 34.8 Å². The van der Waals surface area contributed by atoms with Gasteiger partial charge in [0.2, 0.25) is 0 Å². The van der Waals surface area contributed by atoms with E-state index in [1.165, 1.54) is 30.7 Å². The Morgan fingerprint density at radius 2 is 1.88 bits per heavy atom. The minimum atomic E-state index is -0.562. The quantitative estimate of drug-likeness (QED) is 0.301. The van der Waals surface area contributed by atoms with E-state index in [-0.39, 0.29) is 33.8 Å². The molecule has 0 bridgehead atoms. The van der Waals surface area contributed by atoms with Gasteiger partial charge in [-0.1, -0.05) is 34.8 Å². The number of pyridine rings is 2. The molecule has 0 saturated carbocycles. The number of halogens is 4. The molecule has 0 radical (unpaired) electrons. The number of hydrogen-bond donors (Lipinski definition) is 2. The number of rotatable bonds is 6. The van der Waals surface area contributed by atoms with Crippen molar-refractivity contribution in [3.05, 3.63) is 74.4 Å². The molecule has 4 rings (SSSR count). The number of ether oxygens (including phenoxy) is 1. The Bertz CT molecular complexity index is 1220. The van der Waals surface area contributed by atoms with Crippen LogP contribution in [0.2, 0.25) is 15.1 Å². The first-order valence-corrected chi connectivity index (χ1v) is 11.4. The van der Waals surface area contributed by atoms with Crippen molar-refractivity contribution in [2.75, 3.05) is 17.2 Å². The van der Waals surface area contributed by atoms with Crippen molar-refractivity contribution in [1.29, 1.82) is 5.41 Å². The lowest BCUT2D eigenvalue weighted by atomic mass is 10.0. The molecule has 2 atom stereocenters. The summed E-state index contributed by atoms with van der Waals surface area (Å²) in [4.78, 5) is 10.1. The Morgan fingerprint density at radius 1 is 1.18 bits per heavy atom. The maximum atomic E-state index is 14.7. The maximum Gasteiger partial charge on any atom is 0.166 e. The van der Waals surface area contributed by atoms with Crippen LogP contribution in [0.1, 0.15) is 43.1 Å². The van der Waals surface area contributed by atoms with E-state index in [0.717, 1.165) is 13.0 Å². The molecule has 2 aromatic heterocycles. The molecular formula is C23H21Cl3FN5O. The zero-order valence-corrected chi connectivity index (χ0v) is 20.1. The van der Waals surface area contributed by atoms with Crippen LogP contribution in [0.25, 0.3) is 0 Å². The van der Waals surface area contributed by atoms with Crippen molar-refractivity contribution >= 4 is 52.0 Å². The molecule has 3 heterocycles. The second-order valence-electron chi connectivity index (χ2n) is 7.88. The topological polar surface area (TPSA) is 88.1 Å². The number of hydrogen-bond acceptors (Lipinski definition) is 6. The lowest BCUT2D eigenvalue weighted by Crippen LogP contribution is -2.46. The molecule has 3 N–H and O–H groups in total. The van der Waals surface area contributed by atoms with Gasteiger partial charge in [-0.15, -0.1) is 0 Å². The molecule has 33 heavy (non-hydrogen) atoms. The molecule has 0 aliphatic carbocycles. The molecule has 10 heteroatoms. The van der Waals surface area contributed by atoms with Gasteiger partial charge in [-0.25, -0.2) is 9.37 Å². The van der Waals surface area contributed by atoms with Crippen LogP contribution < -0.4 is 15.4 Å². The second-order valence-corrected chi connectivity index (χ2v) is 9.10. The van der Waals surface area contributed by atoms with Crippen molar-refractivity contribution in [3.63, 3.8) is 0 Å². The highest BCUT2D eigenvalue weighted by Crippen LogP contribution is 2.37. The van der Waals surface area contributed by atoms with Crippen LogP contribution in [0.4, 0.5) is 15.9 Å². The van der Waals surface area contributed by atoms with E-state index < -0.39 is 11.9 Å². The third-order valence-corrected chi connectivity index (χ3v) is 6.57. The Morgan fingerprint density at radius 3 is 2.45 bits per heavy atom.